The Hall–Kier alpha value is -2.62. The lowest BCUT2D eigenvalue weighted by molar-refractivity contribution is -0.149. The maximum atomic E-state index is 11.8. The van der Waals surface area contributed by atoms with Gasteiger partial charge in [-0.05, 0) is 43.7 Å². The van der Waals surface area contributed by atoms with Gasteiger partial charge in [-0.15, -0.1) is 0 Å². The van der Waals surface area contributed by atoms with Crippen molar-refractivity contribution >= 4 is 35.0 Å². The van der Waals surface area contributed by atoms with Gasteiger partial charge in [0.15, 0.2) is 0 Å². The first-order valence-electron chi connectivity index (χ1n) is 10.7. The number of halogens is 2. The monoisotopic (exact) mass is 506 g/mol. The van der Waals surface area contributed by atoms with Crippen LogP contribution >= 0.6 is 23.2 Å². The van der Waals surface area contributed by atoms with Crippen molar-refractivity contribution in [3.63, 3.8) is 0 Å². The molecule has 1 unspecified atom stereocenters. The van der Waals surface area contributed by atoms with E-state index in [9.17, 15) is 9.90 Å². The van der Waals surface area contributed by atoms with E-state index >= 15 is 0 Å². The number of anilines is 1. The van der Waals surface area contributed by atoms with E-state index in [2.05, 4.69) is 20.6 Å². The second-order valence-corrected chi connectivity index (χ2v) is 8.83. The Balaban J connectivity index is 1.78. The molecule has 2 atom stereocenters. The molecule has 0 spiro atoms. The normalized spacial score (nSPS) is 13.0. The standard InChI is InChI=1S/C24H28Cl2N4O4/c1-14(2)29-22-9-18(19(26)11-28-22)16-8-20(27-10-16)24(32)30-21(12-34-23(31)13-33-3)15-5-4-6-17(25)7-15/h4-11,14,21,24,27,30,32H,12-13H2,1-3H3,(H,28,29)/t21-,24?/m1/s1. The number of pyridine rings is 1. The number of aromatic amines is 1. The molecule has 34 heavy (non-hydrogen) atoms. The lowest BCUT2D eigenvalue weighted by Gasteiger charge is -2.22. The Morgan fingerprint density at radius 2 is 2.03 bits per heavy atom. The number of aliphatic hydroxyl groups is 1. The van der Waals surface area contributed by atoms with Gasteiger partial charge in [-0.1, -0.05) is 35.3 Å². The SMILES string of the molecule is COCC(=O)OC[C@@H](NC(O)c1cc(-c2cc(NC(C)C)ncc2Cl)c[nH]1)c1cccc(Cl)c1. The molecule has 0 saturated carbocycles. The van der Waals surface area contributed by atoms with Crippen LogP contribution in [0.25, 0.3) is 11.1 Å². The fourth-order valence-corrected chi connectivity index (χ4v) is 3.75. The summed E-state index contributed by atoms with van der Waals surface area (Å²) in [6, 6.07) is 10.5. The van der Waals surface area contributed by atoms with Gasteiger partial charge in [-0.2, -0.15) is 0 Å². The maximum absolute atomic E-state index is 11.8. The molecule has 0 aliphatic rings. The predicted molar refractivity (Wildman–Crippen MR) is 133 cm³/mol. The first-order chi connectivity index (χ1) is 16.3. The van der Waals surface area contributed by atoms with Crippen molar-refractivity contribution in [1.82, 2.24) is 15.3 Å². The first-order valence-corrected chi connectivity index (χ1v) is 11.5. The molecular formula is C24H28Cl2N4O4. The van der Waals surface area contributed by atoms with Gasteiger partial charge in [-0.25, -0.2) is 9.78 Å². The molecule has 1 aromatic carbocycles. The molecule has 0 radical (unpaired) electrons. The third-order valence-electron chi connectivity index (χ3n) is 4.89. The van der Waals surface area contributed by atoms with Gasteiger partial charge in [0.25, 0.3) is 0 Å². The number of rotatable bonds is 11. The van der Waals surface area contributed by atoms with E-state index < -0.39 is 18.2 Å². The number of benzene rings is 1. The lowest BCUT2D eigenvalue weighted by Crippen LogP contribution is -2.31. The molecule has 10 heteroatoms. The minimum absolute atomic E-state index is 0.0203. The second-order valence-electron chi connectivity index (χ2n) is 7.98. The molecule has 0 aliphatic carbocycles. The van der Waals surface area contributed by atoms with Crippen LogP contribution in [0.5, 0.6) is 0 Å². The van der Waals surface area contributed by atoms with E-state index in [1.54, 1.807) is 36.7 Å². The smallest absolute Gasteiger partial charge is 0.332 e. The van der Waals surface area contributed by atoms with E-state index in [0.717, 1.165) is 16.7 Å². The van der Waals surface area contributed by atoms with Crippen LogP contribution in [-0.2, 0) is 14.3 Å². The summed E-state index contributed by atoms with van der Waals surface area (Å²) in [5, 5.41) is 18.2. The van der Waals surface area contributed by atoms with Crippen molar-refractivity contribution in [2.45, 2.75) is 32.2 Å². The van der Waals surface area contributed by atoms with E-state index in [-0.39, 0.29) is 19.3 Å². The number of nitrogens with one attached hydrogen (secondary N) is 3. The largest absolute Gasteiger partial charge is 0.462 e. The number of hydrogen-bond donors (Lipinski definition) is 4. The summed E-state index contributed by atoms with van der Waals surface area (Å²) in [5.41, 5.74) is 2.83. The van der Waals surface area contributed by atoms with Crippen LogP contribution in [0.1, 0.15) is 37.4 Å². The molecule has 8 nitrogen and oxygen atoms in total. The third kappa shape index (κ3) is 7.19. The topological polar surface area (TPSA) is 108 Å². The molecule has 0 bridgehead atoms. The van der Waals surface area contributed by atoms with E-state index in [1.165, 1.54) is 7.11 Å². The number of ether oxygens (including phenoxy) is 2. The number of hydrogen-bond acceptors (Lipinski definition) is 7. The first kappa shape index (κ1) is 26.0. The van der Waals surface area contributed by atoms with Crippen molar-refractivity contribution < 1.29 is 19.4 Å². The molecular weight excluding hydrogens is 479 g/mol. The molecule has 0 saturated heterocycles. The number of aromatic nitrogens is 2. The maximum Gasteiger partial charge on any atom is 0.332 e. The number of nitrogens with zero attached hydrogens (tertiary/aromatic N) is 1. The molecule has 3 aromatic rings. The zero-order chi connectivity index (χ0) is 24.7. The number of esters is 1. The highest BCUT2D eigenvalue weighted by atomic mass is 35.5. The van der Waals surface area contributed by atoms with Crippen LogP contribution in [0, 0.1) is 0 Å². The highest BCUT2D eigenvalue weighted by molar-refractivity contribution is 6.33. The summed E-state index contributed by atoms with van der Waals surface area (Å²) in [6.45, 7) is 3.86. The molecule has 0 aliphatic heterocycles. The number of carbonyl (C=O) groups excluding carboxylic acids is 1. The van der Waals surface area contributed by atoms with Gasteiger partial charge in [0.1, 0.15) is 25.3 Å². The van der Waals surface area contributed by atoms with Gasteiger partial charge in [0.05, 0.1) is 16.8 Å². The average Bonchev–Trinajstić information content (AvgIpc) is 3.28. The molecule has 3 rings (SSSR count). The third-order valence-corrected chi connectivity index (χ3v) is 5.42. The molecule has 182 valence electrons. The van der Waals surface area contributed by atoms with Crippen LogP contribution in [-0.4, -0.2) is 47.4 Å². The van der Waals surface area contributed by atoms with Gasteiger partial charge in [0.2, 0.25) is 0 Å². The van der Waals surface area contributed by atoms with Crippen LogP contribution in [0.15, 0.2) is 48.8 Å². The molecule has 4 N–H and O–H groups in total. The Labute approximate surface area is 208 Å². The predicted octanol–water partition coefficient (Wildman–Crippen LogP) is 4.72. The molecule has 2 heterocycles. The summed E-state index contributed by atoms with van der Waals surface area (Å²) >= 11 is 12.5. The fraction of sp³-hybridized carbons (Fsp3) is 0.333. The van der Waals surface area contributed by atoms with Crippen LogP contribution < -0.4 is 10.6 Å². The van der Waals surface area contributed by atoms with Crippen LogP contribution in [0.3, 0.4) is 0 Å². The van der Waals surface area contributed by atoms with Crippen molar-refractivity contribution in [2.24, 2.45) is 0 Å². The average molecular weight is 507 g/mol. The van der Waals surface area contributed by atoms with Crippen LogP contribution in [0.2, 0.25) is 10.0 Å². The van der Waals surface area contributed by atoms with Gasteiger partial charge >= 0.3 is 5.97 Å². The minimum Gasteiger partial charge on any atom is -0.462 e. The number of carbonyl (C=O) groups is 1. The van der Waals surface area contributed by atoms with Crippen molar-refractivity contribution in [2.75, 3.05) is 25.6 Å². The summed E-state index contributed by atoms with van der Waals surface area (Å²) in [5.74, 6) is 0.195. The minimum atomic E-state index is -1.09. The Morgan fingerprint density at radius 1 is 1.24 bits per heavy atom. The summed E-state index contributed by atoms with van der Waals surface area (Å²) in [6.07, 6.45) is 2.26. The van der Waals surface area contributed by atoms with E-state index in [0.29, 0.717) is 21.6 Å². The fourth-order valence-electron chi connectivity index (χ4n) is 3.34. The van der Waals surface area contributed by atoms with Gasteiger partial charge in [0, 0.05) is 41.7 Å². The van der Waals surface area contributed by atoms with E-state index in [1.807, 2.05) is 26.0 Å². The lowest BCUT2D eigenvalue weighted by atomic mass is 10.1. The van der Waals surface area contributed by atoms with Gasteiger partial charge in [-0.3, -0.25) is 5.32 Å². The highest BCUT2D eigenvalue weighted by Gasteiger charge is 2.21. The van der Waals surface area contributed by atoms with Crippen LogP contribution in [0.4, 0.5) is 5.82 Å². The Bertz CT molecular complexity index is 1110. The quantitative estimate of drug-likeness (QED) is 0.220. The molecule has 0 fully saturated rings. The van der Waals surface area contributed by atoms with Crippen molar-refractivity contribution in [3.8, 4) is 11.1 Å². The molecule has 0 amide bonds. The zero-order valence-electron chi connectivity index (χ0n) is 19.1. The highest BCUT2D eigenvalue weighted by Crippen LogP contribution is 2.31. The number of methoxy groups -OCH3 is 1. The van der Waals surface area contributed by atoms with Crippen molar-refractivity contribution in [3.05, 3.63) is 70.1 Å². The Kier molecular flexibility index (Phi) is 9.32. The van der Waals surface area contributed by atoms with Gasteiger partial charge < -0.3 is 24.9 Å². The zero-order valence-corrected chi connectivity index (χ0v) is 20.7. The second kappa shape index (κ2) is 12.2. The Morgan fingerprint density at radius 3 is 2.74 bits per heavy atom. The summed E-state index contributed by atoms with van der Waals surface area (Å²) in [4.78, 5) is 19.2. The molecule has 2 aromatic heterocycles. The van der Waals surface area contributed by atoms with Crippen molar-refractivity contribution in [1.29, 1.82) is 0 Å². The number of aliphatic hydroxyl groups excluding tert-OH is 1. The summed E-state index contributed by atoms with van der Waals surface area (Å²) < 4.78 is 10.1. The summed E-state index contributed by atoms with van der Waals surface area (Å²) in [7, 11) is 1.41. The van der Waals surface area contributed by atoms with E-state index in [4.69, 9.17) is 32.7 Å². The number of H-pyrrole nitrogens is 1.